The Balaban J connectivity index is 1.60. The molecule has 4 aliphatic carbocycles. The van der Waals surface area contributed by atoms with Crippen molar-refractivity contribution >= 4 is 12.0 Å². The fourth-order valence-electron chi connectivity index (χ4n) is 7.24. The van der Waals surface area contributed by atoms with Crippen molar-refractivity contribution in [1.29, 1.82) is 0 Å². The highest BCUT2D eigenvalue weighted by Gasteiger charge is 2.52. The van der Waals surface area contributed by atoms with Gasteiger partial charge in [0.05, 0.1) is 7.11 Å². The minimum absolute atomic E-state index is 0.111. The fourth-order valence-corrected chi connectivity index (χ4v) is 7.24. The number of rotatable bonds is 6. The highest BCUT2D eigenvalue weighted by Crippen LogP contribution is 2.62. The van der Waals surface area contributed by atoms with Crippen LogP contribution in [0.3, 0.4) is 0 Å². The quantitative estimate of drug-likeness (QED) is 0.534. The lowest BCUT2D eigenvalue weighted by molar-refractivity contribution is -0.131. The summed E-state index contributed by atoms with van der Waals surface area (Å²) in [6.45, 7) is 2.12. The van der Waals surface area contributed by atoms with Crippen LogP contribution in [0.25, 0.3) is 17.2 Å². The molecule has 0 unspecified atom stereocenters. The molecule has 0 aliphatic heterocycles. The largest absolute Gasteiger partial charge is 0.508 e. The molecule has 4 saturated carbocycles. The van der Waals surface area contributed by atoms with Gasteiger partial charge in [-0.25, -0.2) is 4.79 Å². The van der Waals surface area contributed by atoms with Gasteiger partial charge in [-0.15, -0.1) is 0 Å². The second kappa shape index (κ2) is 7.99. The van der Waals surface area contributed by atoms with Crippen LogP contribution in [0.4, 0.5) is 0 Å². The van der Waals surface area contributed by atoms with Crippen molar-refractivity contribution in [3.63, 3.8) is 0 Å². The van der Waals surface area contributed by atoms with Crippen LogP contribution in [0.5, 0.6) is 11.5 Å². The molecule has 0 spiro atoms. The number of carbonyl (C=O) groups is 1. The summed E-state index contributed by atoms with van der Waals surface area (Å²) < 4.78 is 5.53. The van der Waals surface area contributed by atoms with Crippen LogP contribution >= 0.6 is 0 Å². The van der Waals surface area contributed by atoms with Crippen LogP contribution in [0, 0.1) is 17.8 Å². The van der Waals surface area contributed by atoms with Gasteiger partial charge in [0.2, 0.25) is 0 Å². The lowest BCUT2D eigenvalue weighted by atomic mass is 9.48. The van der Waals surface area contributed by atoms with E-state index in [-0.39, 0.29) is 5.41 Å². The maximum Gasteiger partial charge on any atom is 0.328 e. The van der Waals surface area contributed by atoms with Gasteiger partial charge in [0.15, 0.2) is 0 Å². The fraction of sp³-hybridized carbons (Fsp3) is 0.464. The molecule has 168 valence electrons. The zero-order valence-electron chi connectivity index (χ0n) is 18.9. The number of methoxy groups -OCH3 is 1. The average Bonchev–Trinajstić information content (AvgIpc) is 2.76. The normalized spacial score (nSPS) is 28.4. The summed E-state index contributed by atoms with van der Waals surface area (Å²) in [5.41, 5.74) is 5.28. The van der Waals surface area contributed by atoms with E-state index in [1.54, 1.807) is 13.2 Å². The maximum absolute atomic E-state index is 11.1. The number of carboxylic acid groups (broad SMARTS) is 1. The SMILES string of the molecule is CCc1cc(OC)c(C=CC(=O)O)cc1-c1ccc(O)c(C23CC4CC(CC(C4)C2)C3)c1. The molecule has 2 aromatic rings. The van der Waals surface area contributed by atoms with Crippen molar-refractivity contribution in [1.82, 2.24) is 0 Å². The molecule has 0 aromatic heterocycles. The van der Waals surface area contributed by atoms with Crippen LogP contribution in [-0.2, 0) is 16.6 Å². The van der Waals surface area contributed by atoms with Gasteiger partial charge < -0.3 is 14.9 Å². The first-order valence-corrected chi connectivity index (χ1v) is 11.9. The first kappa shape index (κ1) is 21.1. The van der Waals surface area contributed by atoms with Crippen LogP contribution in [0.15, 0.2) is 36.4 Å². The van der Waals surface area contributed by atoms with Crippen molar-refractivity contribution in [3.8, 4) is 22.6 Å². The molecule has 0 saturated heterocycles. The number of benzene rings is 2. The summed E-state index contributed by atoms with van der Waals surface area (Å²) in [6.07, 6.45) is 11.3. The maximum atomic E-state index is 11.1. The van der Waals surface area contributed by atoms with Gasteiger partial charge in [-0.2, -0.15) is 0 Å². The molecule has 0 atom stereocenters. The molecule has 4 bridgehead atoms. The standard InChI is InChI=1S/C28H32O4/c1-3-20-13-26(32-2)22(5-7-27(30)31)11-23(20)21-4-6-25(29)24(12-21)28-14-17-8-18(15-28)10-19(9-17)16-28/h4-7,11-13,17-19,29H,3,8-10,14-16H2,1-2H3,(H,30,31). The highest BCUT2D eigenvalue weighted by atomic mass is 16.5. The van der Waals surface area contributed by atoms with Crippen LogP contribution in [0.1, 0.15) is 62.1 Å². The third-order valence-electron chi connectivity index (χ3n) is 8.16. The Morgan fingerprint density at radius 2 is 1.75 bits per heavy atom. The molecule has 0 heterocycles. The van der Waals surface area contributed by atoms with Gasteiger partial charge in [0, 0.05) is 17.2 Å². The number of hydrogen-bond acceptors (Lipinski definition) is 3. The van der Waals surface area contributed by atoms with Gasteiger partial charge in [0.1, 0.15) is 11.5 Å². The zero-order valence-corrected chi connectivity index (χ0v) is 18.9. The summed E-state index contributed by atoms with van der Waals surface area (Å²) in [5.74, 6) is 2.54. The Morgan fingerprint density at radius 1 is 1.09 bits per heavy atom. The Labute approximate surface area is 189 Å². The van der Waals surface area contributed by atoms with Gasteiger partial charge in [0.25, 0.3) is 0 Å². The summed E-state index contributed by atoms with van der Waals surface area (Å²) >= 11 is 0. The van der Waals surface area contributed by atoms with Crippen LogP contribution < -0.4 is 4.74 Å². The van der Waals surface area contributed by atoms with E-state index in [4.69, 9.17) is 9.84 Å². The second-order valence-corrected chi connectivity index (χ2v) is 10.2. The van der Waals surface area contributed by atoms with Crippen LogP contribution in [-0.4, -0.2) is 23.3 Å². The first-order chi connectivity index (χ1) is 15.4. The minimum atomic E-state index is -0.984. The number of carboxylic acids is 1. The summed E-state index contributed by atoms with van der Waals surface area (Å²) in [7, 11) is 1.61. The molecule has 0 amide bonds. The molecule has 32 heavy (non-hydrogen) atoms. The number of aliphatic carboxylic acids is 1. The van der Waals surface area contributed by atoms with Crippen molar-refractivity contribution in [3.05, 3.63) is 53.1 Å². The lowest BCUT2D eigenvalue weighted by Gasteiger charge is -2.57. The van der Waals surface area contributed by atoms with E-state index >= 15 is 0 Å². The van der Waals surface area contributed by atoms with Gasteiger partial charge >= 0.3 is 5.97 Å². The van der Waals surface area contributed by atoms with E-state index in [0.717, 1.165) is 58.1 Å². The van der Waals surface area contributed by atoms with E-state index in [0.29, 0.717) is 11.5 Å². The molecular weight excluding hydrogens is 400 g/mol. The van der Waals surface area contributed by atoms with Crippen molar-refractivity contribution in [2.24, 2.45) is 17.8 Å². The van der Waals surface area contributed by atoms with Gasteiger partial charge in [-0.3, -0.25) is 0 Å². The number of phenols is 1. The van der Waals surface area contributed by atoms with Gasteiger partial charge in [-0.1, -0.05) is 13.0 Å². The molecule has 4 nitrogen and oxygen atoms in total. The van der Waals surface area contributed by atoms with Crippen molar-refractivity contribution < 1.29 is 19.7 Å². The monoisotopic (exact) mass is 432 g/mol. The molecule has 2 N–H and O–H groups in total. The molecule has 4 aliphatic rings. The van der Waals surface area contributed by atoms with E-state index in [2.05, 4.69) is 13.0 Å². The number of hydrogen-bond donors (Lipinski definition) is 2. The predicted molar refractivity (Wildman–Crippen MR) is 126 cm³/mol. The molecule has 4 fully saturated rings. The Morgan fingerprint density at radius 3 is 2.31 bits per heavy atom. The summed E-state index contributed by atoms with van der Waals surface area (Å²) in [6, 6.07) is 10.1. The Hall–Kier alpha value is -2.75. The molecular formula is C28H32O4. The van der Waals surface area contributed by atoms with Gasteiger partial charge in [-0.05, 0) is 115 Å². The highest BCUT2D eigenvalue weighted by molar-refractivity contribution is 5.87. The Kier molecular flexibility index (Phi) is 5.27. The lowest BCUT2D eigenvalue weighted by Crippen LogP contribution is -2.48. The number of phenolic OH excluding ortho intramolecular Hbond substituents is 1. The third-order valence-corrected chi connectivity index (χ3v) is 8.16. The molecule has 0 radical (unpaired) electrons. The molecule has 4 heteroatoms. The first-order valence-electron chi connectivity index (χ1n) is 11.9. The van der Waals surface area contributed by atoms with E-state index in [1.807, 2.05) is 24.3 Å². The smallest absolute Gasteiger partial charge is 0.328 e. The van der Waals surface area contributed by atoms with E-state index in [9.17, 15) is 9.90 Å². The van der Waals surface area contributed by atoms with E-state index < -0.39 is 5.97 Å². The minimum Gasteiger partial charge on any atom is -0.508 e. The average molecular weight is 433 g/mol. The number of ether oxygens (including phenoxy) is 1. The number of aromatic hydroxyl groups is 1. The number of aryl methyl sites for hydroxylation is 1. The third kappa shape index (κ3) is 3.60. The Bertz CT molecular complexity index is 1050. The molecule has 2 aromatic carbocycles. The van der Waals surface area contributed by atoms with Crippen LogP contribution in [0.2, 0.25) is 0 Å². The van der Waals surface area contributed by atoms with Crippen molar-refractivity contribution in [2.45, 2.75) is 57.3 Å². The summed E-state index contributed by atoms with van der Waals surface area (Å²) in [5, 5.41) is 20.0. The van der Waals surface area contributed by atoms with E-state index in [1.165, 1.54) is 38.5 Å². The van der Waals surface area contributed by atoms with Crippen molar-refractivity contribution in [2.75, 3.05) is 7.11 Å². The molecule has 6 rings (SSSR count). The second-order valence-electron chi connectivity index (χ2n) is 10.2. The topological polar surface area (TPSA) is 66.8 Å². The predicted octanol–water partition coefficient (Wildman–Crippen LogP) is 6.20. The zero-order chi connectivity index (χ0) is 22.5. The summed E-state index contributed by atoms with van der Waals surface area (Å²) in [4.78, 5) is 11.1.